The lowest BCUT2D eigenvalue weighted by atomic mass is 9.93. The zero-order valence-electron chi connectivity index (χ0n) is 17.3. The molecule has 1 atom stereocenters. The number of aryl methyl sites for hydroxylation is 2. The molecule has 1 saturated heterocycles. The molecule has 158 valence electrons. The van der Waals surface area contributed by atoms with Crippen molar-refractivity contribution in [3.63, 3.8) is 0 Å². The molecule has 8 heteroatoms. The Hall–Kier alpha value is -3.94. The van der Waals surface area contributed by atoms with Crippen LogP contribution in [0.3, 0.4) is 0 Å². The highest BCUT2D eigenvalue weighted by atomic mass is 16.2. The maximum Gasteiger partial charge on any atom is 0.344 e. The van der Waals surface area contributed by atoms with Crippen molar-refractivity contribution in [3.05, 3.63) is 83.7 Å². The average molecular weight is 417 g/mol. The van der Waals surface area contributed by atoms with Crippen LogP contribution < -0.4 is 10.7 Å². The minimum absolute atomic E-state index is 0.111. The molecule has 8 nitrogen and oxygen atoms in total. The van der Waals surface area contributed by atoms with Crippen molar-refractivity contribution in [2.24, 2.45) is 0 Å². The second kappa shape index (κ2) is 8.06. The Labute approximate surface area is 179 Å². The van der Waals surface area contributed by atoms with E-state index in [0.717, 1.165) is 22.0 Å². The van der Waals surface area contributed by atoms with Gasteiger partial charge in [-0.15, -0.1) is 0 Å². The highest BCUT2D eigenvalue weighted by Gasteiger charge is 2.48. The summed E-state index contributed by atoms with van der Waals surface area (Å²) in [5.41, 5.74) is 4.03. The number of nitrogens with one attached hydrogen (secondary N) is 2. The normalized spacial score (nSPS) is 18.2. The van der Waals surface area contributed by atoms with Crippen LogP contribution >= 0.6 is 0 Å². The molecular formula is C23H23N5O3. The maximum absolute atomic E-state index is 12.9. The van der Waals surface area contributed by atoms with Crippen LogP contribution in [0.25, 0.3) is 5.69 Å². The first-order chi connectivity index (χ1) is 14.9. The summed E-state index contributed by atoms with van der Waals surface area (Å²) in [6, 6.07) is 20.0. The van der Waals surface area contributed by atoms with Crippen molar-refractivity contribution >= 4 is 17.8 Å². The molecule has 1 unspecified atom stereocenters. The number of hydrogen-bond donors (Lipinski definition) is 2. The fourth-order valence-electron chi connectivity index (χ4n) is 3.57. The predicted octanol–water partition coefficient (Wildman–Crippen LogP) is 2.77. The van der Waals surface area contributed by atoms with Gasteiger partial charge in [0.05, 0.1) is 5.69 Å². The van der Waals surface area contributed by atoms with Gasteiger partial charge in [0, 0.05) is 5.69 Å². The topological polar surface area (TPSA) is 96.3 Å². The molecule has 4 rings (SSSR count). The molecule has 1 aliphatic heterocycles. The molecule has 2 N–H and O–H groups in total. The number of para-hydroxylation sites is 1. The summed E-state index contributed by atoms with van der Waals surface area (Å²) in [6.45, 7) is 3.49. The fourth-order valence-corrected chi connectivity index (χ4v) is 3.57. The quantitative estimate of drug-likeness (QED) is 0.603. The van der Waals surface area contributed by atoms with Crippen molar-refractivity contribution in [1.29, 1.82) is 0 Å². The summed E-state index contributed by atoms with van der Waals surface area (Å²) in [4.78, 5) is 38.1. The number of carbonyl (C=O) groups excluding carboxylic acids is 3. The molecule has 2 aromatic carbocycles. The summed E-state index contributed by atoms with van der Waals surface area (Å²) < 4.78 is 1.63. The molecule has 4 amide bonds. The largest absolute Gasteiger partial charge is 0.344 e. The molecular weight excluding hydrogens is 394 g/mol. The number of nitrogens with zero attached hydrogens (tertiary/aromatic N) is 3. The lowest BCUT2D eigenvalue weighted by molar-refractivity contribution is -0.132. The highest BCUT2D eigenvalue weighted by molar-refractivity contribution is 6.08. The molecule has 0 spiro atoms. The van der Waals surface area contributed by atoms with Gasteiger partial charge in [-0.2, -0.15) is 10.1 Å². The second-order valence-corrected chi connectivity index (χ2v) is 7.75. The summed E-state index contributed by atoms with van der Waals surface area (Å²) in [7, 11) is 0. The Bertz CT molecular complexity index is 1130. The van der Waals surface area contributed by atoms with Gasteiger partial charge in [-0.05, 0) is 50.5 Å². The number of hydrazine groups is 1. The molecule has 2 heterocycles. The van der Waals surface area contributed by atoms with Crippen LogP contribution in [0, 0.1) is 6.92 Å². The minimum atomic E-state index is -1.10. The van der Waals surface area contributed by atoms with Gasteiger partial charge < -0.3 is 5.32 Å². The van der Waals surface area contributed by atoms with Crippen LogP contribution in [0.5, 0.6) is 0 Å². The van der Waals surface area contributed by atoms with Crippen LogP contribution in [-0.2, 0) is 11.2 Å². The van der Waals surface area contributed by atoms with Gasteiger partial charge in [0.15, 0.2) is 5.69 Å². The smallest absolute Gasteiger partial charge is 0.322 e. The van der Waals surface area contributed by atoms with Gasteiger partial charge in [-0.25, -0.2) is 9.48 Å². The van der Waals surface area contributed by atoms with Crippen molar-refractivity contribution in [2.75, 3.05) is 0 Å². The summed E-state index contributed by atoms with van der Waals surface area (Å²) in [5, 5.41) is 7.76. The third kappa shape index (κ3) is 4.05. The highest BCUT2D eigenvalue weighted by Crippen LogP contribution is 2.22. The number of imide groups is 1. The van der Waals surface area contributed by atoms with Gasteiger partial charge in [-0.1, -0.05) is 48.5 Å². The maximum atomic E-state index is 12.9. The predicted molar refractivity (Wildman–Crippen MR) is 114 cm³/mol. The van der Waals surface area contributed by atoms with E-state index in [1.165, 1.54) is 0 Å². The number of amides is 4. The zero-order chi connectivity index (χ0) is 22.0. The van der Waals surface area contributed by atoms with Crippen LogP contribution in [0.2, 0.25) is 0 Å². The van der Waals surface area contributed by atoms with Gasteiger partial charge in [0.2, 0.25) is 0 Å². The average Bonchev–Trinajstić information content (AvgIpc) is 3.27. The van der Waals surface area contributed by atoms with E-state index in [2.05, 4.69) is 15.8 Å². The van der Waals surface area contributed by atoms with Gasteiger partial charge >= 0.3 is 6.03 Å². The zero-order valence-corrected chi connectivity index (χ0v) is 17.3. The molecule has 1 aromatic heterocycles. The van der Waals surface area contributed by atoms with Crippen molar-refractivity contribution in [2.45, 2.75) is 32.2 Å². The Morgan fingerprint density at radius 1 is 1.06 bits per heavy atom. The molecule has 1 aliphatic rings. The fraction of sp³-hybridized carbons (Fsp3) is 0.217. The number of aromatic nitrogens is 2. The lowest BCUT2D eigenvalue weighted by Crippen LogP contribution is -2.49. The third-order valence-corrected chi connectivity index (χ3v) is 5.35. The number of urea groups is 1. The molecule has 0 bridgehead atoms. The number of carbonyl (C=O) groups is 3. The monoisotopic (exact) mass is 417 g/mol. The number of rotatable bonds is 6. The van der Waals surface area contributed by atoms with E-state index in [0.29, 0.717) is 12.8 Å². The number of hydrogen-bond acceptors (Lipinski definition) is 4. The summed E-state index contributed by atoms with van der Waals surface area (Å²) >= 11 is 0. The van der Waals surface area contributed by atoms with Crippen molar-refractivity contribution in [3.8, 4) is 5.69 Å². The molecule has 0 aliphatic carbocycles. The second-order valence-electron chi connectivity index (χ2n) is 7.75. The van der Waals surface area contributed by atoms with Gasteiger partial charge in [0.1, 0.15) is 5.54 Å². The van der Waals surface area contributed by atoms with E-state index in [4.69, 9.17) is 0 Å². The first kappa shape index (κ1) is 20.3. The van der Waals surface area contributed by atoms with E-state index in [1.54, 1.807) is 17.7 Å². The van der Waals surface area contributed by atoms with E-state index < -0.39 is 23.4 Å². The van der Waals surface area contributed by atoms with E-state index in [-0.39, 0.29) is 5.69 Å². The van der Waals surface area contributed by atoms with Crippen LogP contribution in [0.15, 0.2) is 66.7 Å². The van der Waals surface area contributed by atoms with E-state index >= 15 is 0 Å². The Morgan fingerprint density at radius 3 is 2.39 bits per heavy atom. The van der Waals surface area contributed by atoms with Crippen LogP contribution in [0.1, 0.15) is 35.1 Å². The molecule has 3 aromatic rings. The van der Waals surface area contributed by atoms with E-state index in [1.807, 2.05) is 67.6 Å². The van der Waals surface area contributed by atoms with Gasteiger partial charge in [0.25, 0.3) is 11.8 Å². The Kier molecular flexibility index (Phi) is 5.29. The summed E-state index contributed by atoms with van der Waals surface area (Å²) in [6.07, 6.45) is 1.03. The molecule has 31 heavy (non-hydrogen) atoms. The van der Waals surface area contributed by atoms with Crippen LogP contribution in [-0.4, -0.2) is 38.2 Å². The third-order valence-electron chi connectivity index (χ3n) is 5.35. The number of benzene rings is 2. The minimum Gasteiger partial charge on any atom is -0.322 e. The molecule has 0 radical (unpaired) electrons. The molecule has 0 saturated carbocycles. The molecule has 1 fully saturated rings. The first-order valence-corrected chi connectivity index (χ1v) is 10.0. The first-order valence-electron chi connectivity index (χ1n) is 10.0. The van der Waals surface area contributed by atoms with Crippen LogP contribution in [0.4, 0.5) is 4.79 Å². The SMILES string of the molecule is Cc1cc(C(=O)NN2C(=O)NC(C)(CCc3ccccc3)C2=O)nn1-c1ccccc1. The Morgan fingerprint density at radius 2 is 1.71 bits per heavy atom. The van der Waals surface area contributed by atoms with E-state index in [9.17, 15) is 14.4 Å². The summed E-state index contributed by atoms with van der Waals surface area (Å²) in [5.74, 6) is -1.13. The van der Waals surface area contributed by atoms with Crippen molar-refractivity contribution < 1.29 is 14.4 Å². The van der Waals surface area contributed by atoms with Gasteiger partial charge in [-0.3, -0.25) is 15.0 Å². The standard InChI is InChI=1S/C23H23N5O3/c1-16-15-19(25-27(16)18-11-7-4-8-12-18)20(29)26-28-21(30)23(2,24-22(28)31)14-13-17-9-5-3-6-10-17/h3-12,15H,13-14H2,1-2H3,(H,24,31)(H,26,29). The Balaban J connectivity index is 1.46. The lowest BCUT2D eigenvalue weighted by Gasteiger charge is -2.21. The van der Waals surface area contributed by atoms with Crippen molar-refractivity contribution in [1.82, 2.24) is 25.5 Å².